The minimum Gasteiger partial charge on any atom is -0.368 e. The number of hydrogen-bond donors (Lipinski definition) is 1. The molecule has 0 radical (unpaired) electrons. The van der Waals surface area contributed by atoms with Crippen LogP contribution in [0.3, 0.4) is 0 Å². The molecule has 1 N–H and O–H groups in total. The van der Waals surface area contributed by atoms with Gasteiger partial charge in [0.15, 0.2) is 0 Å². The van der Waals surface area contributed by atoms with E-state index >= 15 is 0 Å². The molecule has 1 rings (SSSR count). The molecule has 2 heteroatoms. The smallest absolute Gasteiger partial charge is 0.126 e. The molecule has 14 heavy (non-hydrogen) atoms. The van der Waals surface area contributed by atoms with Gasteiger partial charge in [-0.3, -0.25) is 0 Å². The quantitative estimate of drug-likeness (QED) is 0.793. The Morgan fingerprint density at radius 1 is 1.21 bits per heavy atom. The van der Waals surface area contributed by atoms with E-state index in [0.29, 0.717) is 12.0 Å². The van der Waals surface area contributed by atoms with Crippen molar-refractivity contribution in [2.75, 3.05) is 5.32 Å². The fourth-order valence-electron chi connectivity index (χ4n) is 1.39. The number of hydrogen-bond acceptors (Lipinski definition) is 2. The van der Waals surface area contributed by atoms with Crippen molar-refractivity contribution in [2.45, 2.75) is 40.2 Å². The highest BCUT2D eigenvalue weighted by atomic mass is 15.0. The number of aromatic nitrogens is 1. The highest BCUT2D eigenvalue weighted by molar-refractivity contribution is 5.36. The van der Waals surface area contributed by atoms with Crippen LogP contribution in [0.2, 0.25) is 0 Å². The predicted octanol–water partition coefficient (Wildman–Crippen LogP) is 3.10. The number of rotatable bonds is 4. The van der Waals surface area contributed by atoms with Crippen LogP contribution >= 0.6 is 0 Å². The van der Waals surface area contributed by atoms with Gasteiger partial charge in [0.25, 0.3) is 0 Å². The fraction of sp³-hybridized carbons (Fsp3) is 0.583. The van der Waals surface area contributed by atoms with Gasteiger partial charge in [-0.05, 0) is 38.3 Å². The minimum absolute atomic E-state index is 0.441. The Morgan fingerprint density at radius 2 is 1.93 bits per heavy atom. The SMILES string of the molecule is CC(C)Cc1cccc(NC(C)C)n1. The summed E-state index contributed by atoms with van der Waals surface area (Å²) in [5.41, 5.74) is 1.17. The molecule has 1 aromatic heterocycles. The van der Waals surface area contributed by atoms with Crippen LogP contribution in [0, 0.1) is 5.92 Å². The highest BCUT2D eigenvalue weighted by Crippen LogP contribution is 2.10. The molecule has 1 aromatic rings. The summed E-state index contributed by atoms with van der Waals surface area (Å²) < 4.78 is 0. The van der Waals surface area contributed by atoms with Crippen molar-refractivity contribution in [3.05, 3.63) is 23.9 Å². The third-order valence-corrected chi connectivity index (χ3v) is 1.86. The van der Waals surface area contributed by atoms with E-state index in [4.69, 9.17) is 0 Å². The molecule has 0 fully saturated rings. The maximum absolute atomic E-state index is 4.54. The largest absolute Gasteiger partial charge is 0.368 e. The molecule has 0 atom stereocenters. The van der Waals surface area contributed by atoms with E-state index in [1.807, 2.05) is 6.07 Å². The molecule has 78 valence electrons. The standard InChI is InChI=1S/C12H20N2/c1-9(2)8-11-6-5-7-12(14-11)13-10(3)4/h5-7,9-10H,8H2,1-4H3,(H,13,14). The van der Waals surface area contributed by atoms with Crippen molar-refractivity contribution in [3.63, 3.8) is 0 Å². The molecule has 0 saturated heterocycles. The summed E-state index contributed by atoms with van der Waals surface area (Å²) in [7, 11) is 0. The number of anilines is 1. The lowest BCUT2D eigenvalue weighted by molar-refractivity contribution is 0.635. The molecule has 0 aliphatic heterocycles. The monoisotopic (exact) mass is 192 g/mol. The maximum atomic E-state index is 4.54. The summed E-state index contributed by atoms with van der Waals surface area (Å²) in [4.78, 5) is 4.54. The lowest BCUT2D eigenvalue weighted by Gasteiger charge is -2.10. The van der Waals surface area contributed by atoms with Crippen LogP contribution in [0.15, 0.2) is 18.2 Å². The van der Waals surface area contributed by atoms with Crippen LogP contribution in [0.25, 0.3) is 0 Å². The zero-order chi connectivity index (χ0) is 10.6. The molecule has 0 spiro atoms. The van der Waals surface area contributed by atoms with Gasteiger partial charge < -0.3 is 5.32 Å². The van der Waals surface area contributed by atoms with Gasteiger partial charge >= 0.3 is 0 Å². The van der Waals surface area contributed by atoms with Crippen molar-refractivity contribution < 1.29 is 0 Å². The van der Waals surface area contributed by atoms with Gasteiger partial charge in [0.1, 0.15) is 5.82 Å². The molecule has 0 amide bonds. The summed E-state index contributed by atoms with van der Waals surface area (Å²) >= 11 is 0. The topological polar surface area (TPSA) is 24.9 Å². The van der Waals surface area contributed by atoms with Gasteiger partial charge in [-0.1, -0.05) is 19.9 Å². The molecule has 2 nitrogen and oxygen atoms in total. The molecular weight excluding hydrogens is 172 g/mol. The zero-order valence-electron chi connectivity index (χ0n) is 9.54. The molecule has 0 unspecified atom stereocenters. The van der Waals surface area contributed by atoms with Gasteiger partial charge in [0, 0.05) is 11.7 Å². The van der Waals surface area contributed by atoms with E-state index in [9.17, 15) is 0 Å². The summed E-state index contributed by atoms with van der Waals surface area (Å²) in [6.45, 7) is 8.67. The fourth-order valence-corrected chi connectivity index (χ4v) is 1.39. The number of nitrogens with one attached hydrogen (secondary N) is 1. The third kappa shape index (κ3) is 3.77. The Balaban J connectivity index is 2.68. The Bertz CT molecular complexity index is 254. The number of nitrogens with zero attached hydrogens (tertiary/aromatic N) is 1. The second kappa shape index (κ2) is 4.99. The predicted molar refractivity (Wildman–Crippen MR) is 61.5 cm³/mol. The van der Waals surface area contributed by atoms with E-state index < -0.39 is 0 Å². The average Bonchev–Trinajstić information content (AvgIpc) is 2.01. The van der Waals surface area contributed by atoms with Gasteiger partial charge in [-0.25, -0.2) is 4.98 Å². The Labute approximate surface area is 86.8 Å². The molecular formula is C12H20N2. The summed E-state index contributed by atoms with van der Waals surface area (Å²) in [6, 6.07) is 6.61. The van der Waals surface area contributed by atoms with E-state index in [1.54, 1.807) is 0 Å². The van der Waals surface area contributed by atoms with Crippen LogP contribution in [0.4, 0.5) is 5.82 Å². The van der Waals surface area contributed by atoms with Crippen LogP contribution in [0.1, 0.15) is 33.4 Å². The van der Waals surface area contributed by atoms with Crippen LogP contribution in [-0.4, -0.2) is 11.0 Å². The van der Waals surface area contributed by atoms with E-state index in [-0.39, 0.29) is 0 Å². The van der Waals surface area contributed by atoms with Crippen LogP contribution < -0.4 is 5.32 Å². The molecule has 0 aliphatic carbocycles. The molecule has 1 heterocycles. The Morgan fingerprint density at radius 3 is 2.50 bits per heavy atom. The van der Waals surface area contributed by atoms with Crippen LogP contribution in [-0.2, 0) is 6.42 Å². The second-order valence-electron chi connectivity index (χ2n) is 4.41. The van der Waals surface area contributed by atoms with Gasteiger partial charge in [0.05, 0.1) is 0 Å². The van der Waals surface area contributed by atoms with Crippen molar-refractivity contribution in [3.8, 4) is 0 Å². The Kier molecular flexibility index (Phi) is 3.93. The first kappa shape index (κ1) is 11.0. The third-order valence-electron chi connectivity index (χ3n) is 1.86. The lowest BCUT2D eigenvalue weighted by atomic mass is 10.1. The average molecular weight is 192 g/mol. The normalized spacial score (nSPS) is 11.0. The summed E-state index contributed by atoms with van der Waals surface area (Å²) in [5.74, 6) is 1.65. The first-order valence-corrected chi connectivity index (χ1v) is 5.30. The molecule has 0 saturated carbocycles. The van der Waals surface area contributed by atoms with Crippen LogP contribution in [0.5, 0.6) is 0 Å². The first-order chi connectivity index (χ1) is 6.58. The van der Waals surface area contributed by atoms with Crippen molar-refractivity contribution in [1.29, 1.82) is 0 Å². The second-order valence-corrected chi connectivity index (χ2v) is 4.41. The minimum atomic E-state index is 0.441. The van der Waals surface area contributed by atoms with E-state index in [0.717, 1.165) is 12.2 Å². The van der Waals surface area contributed by atoms with Gasteiger partial charge in [-0.2, -0.15) is 0 Å². The van der Waals surface area contributed by atoms with Crippen molar-refractivity contribution in [1.82, 2.24) is 4.98 Å². The van der Waals surface area contributed by atoms with Gasteiger partial charge in [0.2, 0.25) is 0 Å². The lowest BCUT2D eigenvalue weighted by Crippen LogP contribution is -2.11. The Hall–Kier alpha value is -1.05. The number of pyridine rings is 1. The molecule has 0 aliphatic rings. The molecule has 0 bridgehead atoms. The van der Waals surface area contributed by atoms with E-state index in [2.05, 4.69) is 50.1 Å². The molecule has 0 aromatic carbocycles. The van der Waals surface area contributed by atoms with Crippen molar-refractivity contribution in [2.24, 2.45) is 5.92 Å². The maximum Gasteiger partial charge on any atom is 0.126 e. The zero-order valence-corrected chi connectivity index (χ0v) is 9.54. The summed E-state index contributed by atoms with van der Waals surface area (Å²) in [6.07, 6.45) is 1.05. The highest BCUT2D eigenvalue weighted by Gasteiger charge is 2.01. The summed E-state index contributed by atoms with van der Waals surface area (Å²) in [5, 5.41) is 3.31. The first-order valence-electron chi connectivity index (χ1n) is 5.30. The van der Waals surface area contributed by atoms with Gasteiger partial charge in [-0.15, -0.1) is 0 Å². The van der Waals surface area contributed by atoms with E-state index in [1.165, 1.54) is 5.69 Å². The van der Waals surface area contributed by atoms with Crippen molar-refractivity contribution >= 4 is 5.82 Å².